The lowest BCUT2D eigenvalue weighted by Crippen LogP contribution is -2.17. The summed E-state index contributed by atoms with van der Waals surface area (Å²) in [5.74, 6) is 0.600. The SMILES string of the molecule is CCOC(=O)c1c(CCCOc2cccc3ccccc23)c2cccc(-c3c(C)nn(C)c3CBr)c2n1CCCNC.Cl. The van der Waals surface area contributed by atoms with Gasteiger partial charge in [-0.25, -0.2) is 4.79 Å². The first-order chi connectivity index (χ1) is 20.5. The minimum atomic E-state index is -0.280. The zero-order valence-corrected chi connectivity index (χ0v) is 27.7. The highest BCUT2D eigenvalue weighted by Gasteiger charge is 2.27. The van der Waals surface area contributed by atoms with Crippen molar-refractivity contribution in [2.75, 3.05) is 26.8 Å². The van der Waals surface area contributed by atoms with Crippen molar-refractivity contribution in [3.63, 3.8) is 0 Å². The quantitative estimate of drug-likeness (QED) is 0.0795. The first-order valence-electron chi connectivity index (χ1n) is 14.6. The fourth-order valence-electron chi connectivity index (χ4n) is 5.97. The second-order valence-electron chi connectivity index (χ2n) is 10.5. The number of rotatable bonds is 13. The average Bonchev–Trinajstić information content (AvgIpc) is 3.47. The van der Waals surface area contributed by atoms with Crippen molar-refractivity contribution >= 4 is 56.0 Å². The molecule has 0 spiro atoms. The molecular formula is C34H40BrClN4O3. The van der Waals surface area contributed by atoms with Gasteiger partial charge in [-0.05, 0) is 63.7 Å². The van der Waals surface area contributed by atoms with Crippen LogP contribution in [0.3, 0.4) is 0 Å². The average molecular weight is 668 g/mol. The number of ether oxygens (including phenoxy) is 2. The van der Waals surface area contributed by atoms with E-state index in [0.29, 0.717) is 37.2 Å². The number of benzene rings is 3. The molecule has 2 heterocycles. The van der Waals surface area contributed by atoms with Crippen LogP contribution in [0.4, 0.5) is 0 Å². The van der Waals surface area contributed by atoms with Gasteiger partial charge in [0.2, 0.25) is 0 Å². The summed E-state index contributed by atoms with van der Waals surface area (Å²) in [7, 11) is 3.93. The summed E-state index contributed by atoms with van der Waals surface area (Å²) in [5, 5.41) is 12.0. The molecule has 1 N–H and O–H groups in total. The van der Waals surface area contributed by atoms with E-state index in [1.54, 1.807) is 0 Å². The second kappa shape index (κ2) is 14.9. The summed E-state index contributed by atoms with van der Waals surface area (Å²) >= 11 is 3.68. The Labute approximate surface area is 268 Å². The van der Waals surface area contributed by atoms with Crippen molar-refractivity contribution in [3.05, 3.63) is 83.3 Å². The molecule has 0 fully saturated rings. The number of nitrogens with one attached hydrogen (secondary N) is 1. The molecule has 5 aromatic rings. The highest BCUT2D eigenvalue weighted by molar-refractivity contribution is 9.08. The first-order valence-corrected chi connectivity index (χ1v) is 15.8. The predicted octanol–water partition coefficient (Wildman–Crippen LogP) is 7.62. The molecule has 0 aliphatic carbocycles. The Morgan fingerprint density at radius 3 is 2.53 bits per heavy atom. The van der Waals surface area contributed by atoms with Crippen molar-refractivity contribution in [3.8, 4) is 16.9 Å². The van der Waals surface area contributed by atoms with Crippen molar-refractivity contribution in [2.24, 2.45) is 7.05 Å². The Bertz CT molecular complexity index is 1710. The van der Waals surface area contributed by atoms with Crippen LogP contribution in [0.2, 0.25) is 0 Å². The molecule has 0 atom stereocenters. The largest absolute Gasteiger partial charge is 0.493 e. The molecule has 0 unspecified atom stereocenters. The number of alkyl halides is 1. The van der Waals surface area contributed by atoms with Gasteiger partial charge in [-0.1, -0.05) is 70.5 Å². The Hall–Kier alpha value is -3.33. The van der Waals surface area contributed by atoms with E-state index in [2.05, 4.69) is 62.2 Å². The number of carbonyl (C=O) groups is 1. The summed E-state index contributed by atoms with van der Waals surface area (Å²) in [5.41, 5.74) is 6.96. The Morgan fingerprint density at radius 2 is 1.77 bits per heavy atom. The van der Waals surface area contributed by atoms with Gasteiger partial charge in [0.25, 0.3) is 0 Å². The van der Waals surface area contributed by atoms with Crippen LogP contribution >= 0.6 is 28.3 Å². The van der Waals surface area contributed by atoms with E-state index in [4.69, 9.17) is 14.6 Å². The van der Waals surface area contributed by atoms with Crippen LogP contribution in [0.25, 0.3) is 32.8 Å². The molecule has 0 radical (unpaired) electrons. The lowest BCUT2D eigenvalue weighted by atomic mass is 9.98. The smallest absolute Gasteiger partial charge is 0.355 e. The Morgan fingerprint density at radius 1 is 1.02 bits per heavy atom. The number of carbonyl (C=O) groups excluding carboxylic acids is 1. The third-order valence-corrected chi connectivity index (χ3v) is 8.31. The minimum absolute atomic E-state index is 0. The van der Waals surface area contributed by atoms with Crippen LogP contribution in [0.5, 0.6) is 5.75 Å². The molecule has 228 valence electrons. The minimum Gasteiger partial charge on any atom is -0.493 e. The standard InChI is InChI=1S/C34H39BrN4O3.ClH/c1-5-41-34(40)33-27(17-10-21-42-30-18-8-13-24-12-6-7-14-25(24)30)26-15-9-16-28(32(26)39(33)20-11-19-36-3)31-23(2)37-38(4)29(31)22-35;/h6-9,12-16,18,36H,5,10-11,17,19-22H2,1-4H3;1H. The lowest BCUT2D eigenvalue weighted by Gasteiger charge is -2.14. The number of esters is 1. The van der Waals surface area contributed by atoms with Crippen LogP contribution in [-0.4, -0.2) is 47.1 Å². The van der Waals surface area contributed by atoms with Crippen molar-refractivity contribution in [1.82, 2.24) is 19.7 Å². The van der Waals surface area contributed by atoms with Gasteiger partial charge in [-0.2, -0.15) is 5.10 Å². The van der Waals surface area contributed by atoms with Gasteiger partial charge in [0.1, 0.15) is 11.4 Å². The zero-order valence-electron chi connectivity index (χ0n) is 25.3. The van der Waals surface area contributed by atoms with Crippen LogP contribution in [0.15, 0.2) is 60.7 Å². The molecular weight excluding hydrogens is 628 g/mol. The summed E-state index contributed by atoms with van der Waals surface area (Å²) in [6.45, 7) is 6.30. The van der Waals surface area contributed by atoms with Gasteiger partial charge in [-0.15, -0.1) is 12.4 Å². The van der Waals surface area contributed by atoms with E-state index < -0.39 is 0 Å². The molecule has 3 aromatic carbocycles. The molecule has 0 bridgehead atoms. The van der Waals surface area contributed by atoms with Gasteiger partial charge in [0, 0.05) is 40.8 Å². The topological polar surface area (TPSA) is 70.3 Å². The molecule has 0 aliphatic heterocycles. The fraction of sp³-hybridized carbons (Fsp3) is 0.353. The highest BCUT2D eigenvalue weighted by Crippen LogP contribution is 2.39. The number of hydrogen-bond acceptors (Lipinski definition) is 5. The van der Waals surface area contributed by atoms with Crippen LogP contribution in [0, 0.1) is 6.92 Å². The van der Waals surface area contributed by atoms with Gasteiger partial charge >= 0.3 is 5.97 Å². The van der Waals surface area contributed by atoms with E-state index in [9.17, 15) is 4.79 Å². The number of para-hydroxylation sites is 1. The van der Waals surface area contributed by atoms with E-state index in [1.807, 2.05) is 56.9 Å². The lowest BCUT2D eigenvalue weighted by molar-refractivity contribution is 0.0512. The first kappa shape index (κ1) is 32.6. The molecule has 43 heavy (non-hydrogen) atoms. The summed E-state index contributed by atoms with van der Waals surface area (Å²) in [4.78, 5) is 13.6. The van der Waals surface area contributed by atoms with Crippen LogP contribution < -0.4 is 10.1 Å². The third-order valence-electron chi connectivity index (χ3n) is 7.78. The Balaban J connectivity index is 0.00000423. The maximum atomic E-state index is 13.6. The molecule has 7 nitrogen and oxygen atoms in total. The molecule has 0 amide bonds. The summed E-state index contributed by atoms with van der Waals surface area (Å²) in [6.07, 6.45) is 2.32. The van der Waals surface area contributed by atoms with E-state index in [0.717, 1.165) is 74.9 Å². The third kappa shape index (κ3) is 6.61. The molecule has 5 rings (SSSR count). The number of hydrogen-bond donors (Lipinski definition) is 1. The fourth-order valence-corrected chi connectivity index (χ4v) is 6.61. The summed E-state index contributed by atoms with van der Waals surface area (Å²) < 4.78 is 16.1. The molecule has 0 saturated heterocycles. The maximum Gasteiger partial charge on any atom is 0.355 e. The van der Waals surface area contributed by atoms with E-state index in [-0.39, 0.29) is 18.4 Å². The number of nitrogens with zero attached hydrogens (tertiary/aromatic N) is 3. The van der Waals surface area contributed by atoms with Gasteiger partial charge in [0.15, 0.2) is 0 Å². The number of fused-ring (bicyclic) bond motifs is 2. The van der Waals surface area contributed by atoms with Gasteiger partial charge in [-0.3, -0.25) is 4.68 Å². The van der Waals surface area contributed by atoms with E-state index in [1.165, 1.54) is 0 Å². The number of halogens is 2. The number of aromatic nitrogens is 3. The summed E-state index contributed by atoms with van der Waals surface area (Å²) in [6, 6.07) is 20.8. The predicted molar refractivity (Wildman–Crippen MR) is 181 cm³/mol. The second-order valence-corrected chi connectivity index (χ2v) is 11.0. The number of aryl methyl sites for hydroxylation is 4. The van der Waals surface area contributed by atoms with E-state index >= 15 is 0 Å². The monoisotopic (exact) mass is 666 g/mol. The maximum absolute atomic E-state index is 13.6. The Kier molecular flexibility index (Phi) is 11.3. The normalized spacial score (nSPS) is 11.2. The van der Waals surface area contributed by atoms with Crippen LogP contribution in [-0.2, 0) is 30.1 Å². The van der Waals surface area contributed by atoms with Gasteiger partial charge in [0.05, 0.1) is 30.1 Å². The molecule has 0 aliphatic rings. The van der Waals surface area contributed by atoms with Crippen LogP contribution in [0.1, 0.15) is 47.2 Å². The molecule has 2 aromatic heterocycles. The van der Waals surface area contributed by atoms with Gasteiger partial charge < -0.3 is 19.4 Å². The van der Waals surface area contributed by atoms with Crippen molar-refractivity contribution in [1.29, 1.82) is 0 Å². The zero-order chi connectivity index (χ0) is 29.6. The van der Waals surface area contributed by atoms with Crippen molar-refractivity contribution in [2.45, 2.75) is 45.0 Å². The van der Waals surface area contributed by atoms with Crippen molar-refractivity contribution < 1.29 is 14.3 Å². The highest BCUT2D eigenvalue weighted by atomic mass is 79.9. The molecule has 0 saturated carbocycles. The molecule has 9 heteroatoms.